The van der Waals surface area contributed by atoms with E-state index < -0.39 is 12.0 Å². The van der Waals surface area contributed by atoms with Gasteiger partial charge >= 0.3 is 6.04 Å². The molecule has 0 radical (unpaired) electrons. The van der Waals surface area contributed by atoms with E-state index in [2.05, 4.69) is 18.7 Å². The fourth-order valence-corrected chi connectivity index (χ4v) is 2.28. The van der Waals surface area contributed by atoms with Gasteiger partial charge in [0.15, 0.2) is 0 Å². The van der Waals surface area contributed by atoms with Crippen molar-refractivity contribution >= 4 is 6.04 Å². The van der Waals surface area contributed by atoms with E-state index in [0.29, 0.717) is 6.54 Å². The minimum absolute atomic E-state index is 0.475. The van der Waals surface area contributed by atoms with Gasteiger partial charge in [0.2, 0.25) is 0 Å². The van der Waals surface area contributed by atoms with Crippen LogP contribution in [0.15, 0.2) is 0 Å². The van der Waals surface area contributed by atoms with E-state index in [-0.39, 0.29) is 0 Å². The number of unbranched alkanes of at least 4 members (excludes halogenated alkanes) is 6. The molecule has 114 valence electrons. The first-order valence-electron chi connectivity index (χ1n) is 8.03. The standard InChI is InChI=1S/C16H32FNO/c1-4-6-8-10-12-18(13-11-9-7-5-2)14-15(3)16(17)19/h15H,4-14H2,1-3H3. The molecular weight excluding hydrogens is 241 g/mol. The van der Waals surface area contributed by atoms with Crippen LogP contribution < -0.4 is 0 Å². The molecule has 0 aromatic rings. The Bertz CT molecular complexity index is 209. The van der Waals surface area contributed by atoms with Gasteiger partial charge in [0.25, 0.3) is 0 Å². The van der Waals surface area contributed by atoms with Gasteiger partial charge in [-0.25, -0.2) is 0 Å². The Morgan fingerprint density at radius 2 is 1.42 bits per heavy atom. The quantitative estimate of drug-likeness (QED) is 0.361. The van der Waals surface area contributed by atoms with Gasteiger partial charge in [-0.3, -0.25) is 4.79 Å². The van der Waals surface area contributed by atoms with Crippen molar-refractivity contribution in [3.63, 3.8) is 0 Å². The summed E-state index contributed by atoms with van der Waals surface area (Å²) in [7, 11) is 0. The van der Waals surface area contributed by atoms with Gasteiger partial charge in [-0.1, -0.05) is 59.3 Å². The van der Waals surface area contributed by atoms with Crippen molar-refractivity contribution in [1.82, 2.24) is 4.90 Å². The molecule has 0 aliphatic carbocycles. The number of hydrogen-bond donors (Lipinski definition) is 0. The van der Waals surface area contributed by atoms with Crippen molar-refractivity contribution in [3.05, 3.63) is 0 Å². The van der Waals surface area contributed by atoms with Gasteiger partial charge < -0.3 is 4.90 Å². The van der Waals surface area contributed by atoms with Gasteiger partial charge in [0, 0.05) is 6.54 Å². The predicted molar refractivity (Wildman–Crippen MR) is 80.0 cm³/mol. The number of halogens is 1. The van der Waals surface area contributed by atoms with Gasteiger partial charge in [-0.05, 0) is 25.9 Å². The first-order chi connectivity index (χ1) is 9.11. The molecule has 1 atom stereocenters. The van der Waals surface area contributed by atoms with Crippen LogP contribution in [-0.2, 0) is 4.79 Å². The van der Waals surface area contributed by atoms with E-state index in [1.165, 1.54) is 38.5 Å². The average Bonchev–Trinajstić information content (AvgIpc) is 2.38. The Labute approximate surface area is 118 Å². The molecule has 0 saturated carbocycles. The molecule has 1 unspecified atom stereocenters. The third-order valence-corrected chi connectivity index (χ3v) is 3.58. The highest BCUT2D eigenvalue weighted by Crippen LogP contribution is 2.09. The summed E-state index contributed by atoms with van der Waals surface area (Å²) in [6.45, 7) is 8.67. The zero-order chi connectivity index (χ0) is 14.5. The van der Waals surface area contributed by atoms with E-state index in [4.69, 9.17) is 0 Å². The molecule has 0 bridgehead atoms. The average molecular weight is 273 g/mol. The van der Waals surface area contributed by atoms with Crippen LogP contribution in [0.25, 0.3) is 0 Å². The third-order valence-electron chi connectivity index (χ3n) is 3.58. The minimum atomic E-state index is -1.17. The largest absolute Gasteiger partial charge is 0.305 e. The van der Waals surface area contributed by atoms with E-state index >= 15 is 0 Å². The third kappa shape index (κ3) is 11.1. The monoisotopic (exact) mass is 273 g/mol. The van der Waals surface area contributed by atoms with E-state index in [9.17, 15) is 9.18 Å². The van der Waals surface area contributed by atoms with Crippen molar-refractivity contribution in [1.29, 1.82) is 0 Å². The Balaban J connectivity index is 3.95. The molecule has 19 heavy (non-hydrogen) atoms. The van der Waals surface area contributed by atoms with Gasteiger partial charge in [-0.2, -0.15) is 4.39 Å². The molecule has 0 amide bonds. The number of nitrogens with zero attached hydrogens (tertiary/aromatic N) is 1. The summed E-state index contributed by atoms with van der Waals surface area (Å²) in [5.41, 5.74) is 0. The van der Waals surface area contributed by atoms with E-state index in [1.807, 2.05) is 0 Å². The van der Waals surface area contributed by atoms with Crippen molar-refractivity contribution in [2.75, 3.05) is 19.6 Å². The van der Waals surface area contributed by atoms with Gasteiger partial charge in [0.1, 0.15) is 0 Å². The zero-order valence-corrected chi connectivity index (χ0v) is 13.1. The molecule has 0 aromatic heterocycles. The lowest BCUT2D eigenvalue weighted by Gasteiger charge is -2.24. The van der Waals surface area contributed by atoms with Crippen molar-refractivity contribution in [2.45, 2.75) is 72.1 Å². The van der Waals surface area contributed by atoms with Crippen molar-refractivity contribution in [3.8, 4) is 0 Å². The summed E-state index contributed by atoms with van der Waals surface area (Å²) in [6, 6.07) is -1.17. The smallest absolute Gasteiger partial charge is 0.303 e. The van der Waals surface area contributed by atoms with Gasteiger partial charge in [0.05, 0.1) is 5.92 Å². The van der Waals surface area contributed by atoms with Crippen molar-refractivity contribution < 1.29 is 9.18 Å². The highest BCUT2D eigenvalue weighted by atomic mass is 19.1. The lowest BCUT2D eigenvalue weighted by Crippen LogP contribution is -2.32. The Hall–Kier alpha value is -0.440. The van der Waals surface area contributed by atoms with Crippen molar-refractivity contribution in [2.24, 2.45) is 5.92 Å². The topological polar surface area (TPSA) is 20.3 Å². The molecule has 3 heteroatoms. The summed E-state index contributed by atoms with van der Waals surface area (Å²) in [6.07, 6.45) is 9.79. The van der Waals surface area contributed by atoms with Crippen LogP contribution in [0.1, 0.15) is 72.1 Å². The second-order valence-corrected chi connectivity index (χ2v) is 5.63. The molecule has 0 rings (SSSR count). The first kappa shape index (κ1) is 18.6. The normalized spacial score (nSPS) is 12.9. The molecule has 0 spiro atoms. The summed E-state index contributed by atoms with van der Waals surface area (Å²) in [5, 5.41) is 0. The highest BCUT2D eigenvalue weighted by Gasteiger charge is 2.16. The number of carbonyl (C=O) groups excluding carboxylic acids is 1. The minimum Gasteiger partial charge on any atom is -0.303 e. The van der Waals surface area contributed by atoms with Crippen LogP contribution in [-0.4, -0.2) is 30.6 Å². The number of carbonyl (C=O) groups is 1. The zero-order valence-electron chi connectivity index (χ0n) is 13.1. The SMILES string of the molecule is CCCCCCN(CCCCCC)CC(C)C(=O)F. The lowest BCUT2D eigenvalue weighted by atomic mass is 10.1. The second kappa shape index (κ2) is 12.6. The molecule has 0 aliphatic heterocycles. The molecule has 0 aliphatic rings. The van der Waals surface area contributed by atoms with Crippen LogP contribution in [0, 0.1) is 5.92 Å². The summed E-state index contributed by atoms with van der Waals surface area (Å²) >= 11 is 0. The van der Waals surface area contributed by atoms with Crippen LogP contribution in [0.2, 0.25) is 0 Å². The number of rotatable bonds is 13. The fraction of sp³-hybridized carbons (Fsp3) is 0.938. The summed E-state index contributed by atoms with van der Waals surface area (Å²) < 4.78 is 12.7. The Morgan fingerprint density at radius 1 is 0.947 bits per heavy atom. The summed E-state index contributed by atoms with van der Waals surface area (Å²) in [4.78, 5) is 13.0. The molecule has 0 saturated heterocycles. The van der Waals surface area contributed by atoms with Gasteiger partial charge in [-0.15, -0.1) is 0 Å². The van der Waals surface area contributed by atoms with Crippen LogP contribution in [0.5, 0.6) is 0 Å². The first-order valence-corrected chi connectivity index (χ1v) is 8.03. The Kier molecular flexibility index (Phi) is 12.3. The lowest BCUT2D eigenvalue weighted by molar-refractivity contribution is -0.133. The predicted octanol–water partition coefficient (Wildman–Crippen LogP) is 4.58. The van der Waals surface area contributed by atoms with Crippen LogP contribution in [0.3, 0.4) is 0 Å². The van der Waals surface area contributed by atoms with Crippen LogP contribution >= 0.6 is 0 Å². The fourth-order valence-electron chi connectivity index (χ4n) is 2.28. The molecule has 0 aromatic carbocycles. The molecule has 0 fully saturated rings. The second-order valence-electron chi connectivity index (χ2n) is 5.63. The summed E-state index contributed by atoms with van der Waals surface area (Å²) in [5.74, 6) is -0.475. The maximum absolute atomic E-state index is 12.7. The molecular formula is C16H32FNO. The molecule has 0 heterocycles. The maximum atomic E-state index is 12.7. The Morgan fingerprint density at radius 3 is 1.79 bits per heavy atom. The van der Waals surface area contributed by atoms with Crippen LogP contribution in [0.4, 0.5) is 4.39 Å². The highest BCUT2D eigenvalue weighted by molar-refractivity contribution is 5.70. The number of hydrogen-bond acceptors (Lipinski definition) is 2. The van der Waals surface area contributed by atoms with E-state index in [1.54, 1.807) is 6.92 Å². The molecule has 2 nitrogen and oxygen atoms in total. The van der Waals surface area contributed by atoms with E-state index in [0.717, 1.165) is 25.9 Å². The maximum Gasteiger partial charge on any atom is 0.305 e. The molecule has 0 N–H and O–H groups in total.